The Bertz CT molecular complexity index is 657. The number of likely N-dealkylation sites (tertiary alicyclic amines) is 1. The minimum absolute atomic E-state index is 0.404. The molecule has 26 heavy (non-hydrogen) atoms. The highest BCUT2D eigenvalue weighted by atomic mass is 35.5. The molecule has 0 bridgehead atoms. The topological polar surface area (TPSA) is 74.1 Å². The molecular weight excluding hydrogens is 348 g/mol. The highest BCUT2D eigenvalue weighted by Gasteiger charge is 2.27. The van der Waals surface area contributed by atoms with Crippen LogP contribution in [0.5, 0.6) is 0 Å². The largest absolute Gasteiger partial charge is 0.368 e. The van der Waals surface area contributed by atoms with Crippen molar-refractivity contribution in [3.05, 3.63) is 34.9 Å². The van der Waals surface area contributed by atoms with Gasteiger partial charge in [-0.1, -0.05) is 30.7 Å². The number of aromatic amines is 1. The van der Waals surface area contributed by atoms with Crippen LogP contribution in [0, 0.1) is 0 Å². The normalized spacial score (nSPS) is 18.6. The van der Waals surface area contributed by atoms with E-state index in [4.69, 9.17) is 17.3 Å². The third-order valence-corrected chi connectivity index (χ3v) is 5.47. The van der Waals surface area contributed by atoms with Gasteiger partial charge in [-0.3, -0.25) is 0 Å². The van der Waals surface area contributed by atoms with E-state index in [1.165, 1.54) is 44.3 Å². The number of halogens is 1. The van der Waals surface area contributed by atoms with Gasteiger partial charge in [0.1, 0.15) is 0 Å². The van der Waals surface area contributed by atoms with Gasteiger partial charge in [-0.2, -0.15) is 4.98 Å². The van der Waals surface area contributed by atoms with Crippen LogP contribution < -0.4 is 10.6 Å². The van der Waals surface area contributed by atoms with Crippen molar-refractivity contribution >= 4 is 23.5 Å². The van der Waals surface area contributed by atoms with Crippen LogP contribution in [0.15, 0.2) is 24.3 Å². The number of hydrogen-bond donors (Lipinski definition) is 2. The summed E-state index contributed by atoms with van der Waals surface area (Å²) in [4.78, 5) is 9.04. The number of aryl methyl sites for hydroxylation is 1. The van der Waals surface area contributed by atoms with Gasteiger partial charge in [0.2, 0.25) is 11.9 Å². The Kier molecular flexibility index (Phi) is 6.74. The number of H-pyrrole nitrogens is 1. The zero-order valence-corrected chi connectivity index (χ0v) is 16.3. The van der Waals surface area contributed by atoms with Gasteiger partial charge in [-0.05, 0) is 62.9 Å². The van der Waals surface area contributed by atoms with Crippen LogP contribution in [0.1, 0.15) is 38.2 Å². The van der Waals surface area contributed by atoms with Crippen molar-refractivity contribution in [2.45, 2.75) is 45.1 Å². The summed E-state index contributed by atoms with van der Waals surface area (Å²) < 4.78 is 0. The van der Waals surface area contributed by atoms with Gasteiger partial charge in [0, 0.05) is 24.2 Å². The van der Waals surface area contributed by atoms with Crippen LogP contribution >= 0.6 is 11.6 Å². The second-order valence-corrected chi connectivity index (χ2v) is 7.40. The lowest BCUT2D eigenvalue weighted by atomic mass is 10.0. The second-order valence-electron chi connectivity index (χ2n) is 6.96. The van der Waals surface area contributed by atoms with Crippen LogP contribution in [0.25, 0.3) is 0 Å². The average molecular weight is 377 g/mol. The maximum atomic E-state index is 5.67. The summed E-state index contributed by atoms with van der Waals surface area (Å²) in [5.74, 6) is 1.16. The molecule has 1 aromatic carbocycles. The fourth-order valence-corrected chi connectivity index (χ4v) is 3.79. The summed E-state index contributed by atoms with van der Waals surface area (Å²) in [7, 11) is 0. The first-order valence-electron chi connectivity index (χ1n) is 9.57. The van der Waals surface area contributed by atoms with Crippen molar-refractivity contribution in [3.63, 3.8) is 0 Å². The quantitative estimate of drug-likeness (QED) is 0.859. The predicted molar refractivity (Wildman–Crippen MR) is 108 cm³/mol. The monoisotopic (exact) mass is 376 g/mol. The lowest BCUT2D eigenvalue weighted by Gasteiger charge is -2.36. The van der Waals surface area contributed by atoms with Gasteiger partial charge < -0.3 is 15.5 Å². The molecular formula is C19H29ClN6. The van der Waals surface area contributed by atoms with E-state index in [0.29, 0.717) is 5.95 Å². The van der Waals surface area contributed by atoms with Crippen molar-refractivity contribution in [2.75, 3.05) is 36.8 Å². The Balaban J connectivity index is 0.000000185. The van der Waals surface area contributed by atoms with Crippen LogP contribution in [0.4, 0.5) is 11.9 Å². The molecule has 2 fully saturated rings. The zero-order chi connectivity index (χ0) is 18.4. The minimum Gasteiger partial charge on any atom is -0.368 e. The van der Waals surface area contributed by atoms with Gasteiger partial charge in [0.05, 0.1) is 0 Å². The lowest BCUT2D eigenvalue weighted by molar-refractivity contribution is 0.207. The number of nitrogen functional groups attached to an aromatic ring is 1. The van der Waals surface area contributed by atoms with Crippen LogP contribution in [0.2, 0.25) is 5.02 Å². The molecule has 0 unspecified atom stereocenters. The zero-order valence-electron chi connectivity index (χ0n) is 15.5. The molecule has 0 radical (unpaired) electrons. The predicted octanol–water partition coefficient (Wildman–Crippen LogP) is 3.35. The van der Waals surface area contributed by atoms with Crippen molar-refractivity contribution in [3.8, 4) is 0 Å². The average Bonchev–Trinajstić information content (AvgIpc) is 3.35. The van der Waals surface area contributed by atoms with E-state index in [2.05, 4.69) is 31.9 Å². The molecule has 3 heterocycles. The van der Waals surface area contributed by atoms with Crippen molar-refractivity contribution < 1.29 is 0 Å². The summed E-state index contributed by atoms with van der Waals surface area (Å²) >= 11 is 5.67. The molecule has 1 aromatic heterocycles. The van der Waals surface area contributed by atoms with Gasteiger partial charge >= 0.3 is 0 Å². The van der Waals surface area contributed by atoms with E-state index < -0.39 is 0 Å². The van der Waals surface area contributed by atoms with E-state index in [1.54, 1.807) is 0 Å². The fraction of sp³-hybridized carbons (Fsp3) is 0.579. The standard InChI is InChI=1S/C11H20N6.C8H9Cl/c12-10-13-11(15-14-10)17-7-3-9(4-8-17)16-5-1-2-6-16;1-2-7-3-5-8(9)6-4-7/h9H,1-8H2,(H3,12,13,14,15);3-6H,2H2,1H3. The number of piperidine rings is 1. The third-order valence-electron chi connectivity index (χ3n) is 5.22. The Hall–Kier alpha value is -1.79. The molecule has 2 aliphatic rings. The number of nitrogens with one attached hydrogen (secondary N) is 1. The Morgan fingerprint density at radius 2 is 1.77 bits per heavy atom. The van der Waals surface area contributed by atoms with Crippen molar-refractivity contribution in [1.82, 2.24) is 20.1 Å². The maximum Gasteiger partial charge on any atom is 0.246 e. The smallest absolute Gasteiger partial charge is 0.246 e. The van der Waals surface area contributed by atoms with Gasteiger partial charge in [0.15, 0.2) is 0 Å². The molecule has 2 aliphatic heterocycles. The van der Waals surface area contributed by atoms with Crippen LogP contribution in [0.3, 0.4) is 0 Å². The Labute approximate surface area is 160 Å². The van der Waals surface area contributed by atoms with E-state index in [0.717, 1.165) is 36.5 Å². The van der Waals surface area contributed by atoms with E-state index in [9.17, 15) is 0 Å². The molecule has 142 valence electrons. The van der Waals surface area contributed by atoms with E-state index >= 15 is 0 Å². The second kappa shape index (κ2) is 9.24. The van der Waals surface area contributed by atoms with Crippen LogP contribution in [-0.2, 0) is 6.42 Å². The summed E-state index contributed by atoms with van der Waals surface area (Å²) in [5.41, 5.74) is 6.88. The molecule has 0 atom stereocenters. The summed E-state index contributed by atoms with van der Waals surface area (Å²) in [6.07, 6.45) is 6.26. The maximum absolute atomic E-state index is 5.67. The van der Waals surface area contributed by atoms with Gasteiger partial charge in [-0.25, -0.2) is 5.10 Å². The lowest BCUT2D eigenvalue weighted by Crippen LogP contribution is -2.44. The number of rotatable bonds is 3. The van der Waals surface area contributed by atoms with Gasteiger partial charge in [-0.15, -0.1) is 5.10 Å². The van der Waals surface area contributed by atoms with Crippen molar-refractivity contribution in [1.29, 1.82) is 0 Å². The molecule has 0 spiro atoms. The van der Waals surface area contributed by atoms with E-state index in [1.807, 2.05) is 24.3 Å². The van der Waals surface area contributed by atoms with Gasteiger partial charge in [0.25, 0.3) is 0 Å². The molecule has 3 N–H and O–H groups in total. The number of nitrogens with two attached hydrogens (primary N) is 1. The third kappa shape index (κ3) is 5.11. The van der Waals surface area contributed by atoms with Crippen molar-refractivity contribution in [2.24, 2.45) is 0 Å². The number of hydrogen-bond acceptors (Lipinski definition) is 5. The fourth-order valence-electron chi connectivity index (χ4n) is 3.66. The molecule has 7 heteroatoms. The molecule has 0 aliphatic carbocycles. The van der Waals surface area contributed by atoms with Crippen LogP contribution in [-0.4, -0.2) is 52.3 Å². The number of aromatic nitrogens is 3. The minimum atomic E-state index is 0.404. The molecule has 0 amide bonds. The highest BCUT2D eigenvalue weighted by molar-refractivity contribution is 6.30. The first-order chi connectivity index (χ1) is 12.7. The molecule has 6 nitrogen and oxygen atoms in total. The number of benzene rings is 1. The summed E-state index contributed by atoms with van der Waals surface area (Å²) in [6.45, 7) is 6.79. The molecule has 0 saturated carbocycles. The first-order valence-corrected chi connectivity index (χ1v) is 9.95. The molecule has 2 aromatic rings. The highest BCUT2D eigenvalue weighted by Crippen LogP contribution is 2.23. The molecule has 4 rings (SSSR count). The Morgan fingerprint density at radius 3 is 2.31 bits per heavy atom. The molecule has 2 saturated heterocycles. The first kappa shape index (κ1) is 19.0. The summed E-state index contributed by atoms with van der Waals surface area (Å²) in [5, 5.41) is 7.62. The number of anilines is 2. The number of nitrogens with zero attached hydrogens (tertiary/aromatic N) is 4. The SMILES string of the molecule is CCc1ccc(Cl)cc1.Nc1nc(N2CCC(N3CCCC3)CC2)n[nH]1. The van der Waals surface area contributed by atoms with E-state index in [-0.39, 0.29) is 0 Å². The Morgan fingerprint density at radius 1 is 1.12 bits per heavy atom. The summed E-state index contributed by atoms with van der Waals surface area (Å²) in [6, 6.07) is 8.69.